The van der Waals surface area contributed by atoms with Crippen molar-refractivity contribution in [1.29, 1.82) is 0 Å². The minimum absolute atomic E-state index is 0.00929. The molecule has 2 aromatic heterocycles. The molecule has 0 bridgehead atoms. The number of amides is 2. The number of fused-ring (bicyclic) bond motifs is 1. The molecular formula is C22H21N5O3S. The Hall–Kier alpha value is -3.72. The second kappa shape index (κ2) is 9.40. The molecule has 4 aromatic rings. The Balaban J connectivity index is 1.41. The smallest absolute Gasteiger partial charge is 0.258 e. The first-order valence-electron chi connectivity index (χ1n) is 9.69. The van der Waals surface area contributed by atoms with Crippen molar-refractivity contribution in [1.82, 2.24) is 25.4 Å². The predicted octanol–water partition coefficient (Wildman–Crippen LogP) is 2.77. The summed E-state index contributed by atoms with van der Waals surface area (Å²) < 4.78 is 7.60. The summed E-state index contributed by atoms with van der Waals surface area (Å²) in [6, 6.07) is 17.0. The van der Waals surface area contributed by atoms with Crippen LogP contribution in [0, 0.1) is 6.92 Å². The first kappa shape index (κ1) is 20.5. The molecule has 0 saturated carbocycles. The maximum absolute atomic E-state index is 12.5. The molecule has 9 heteroatoms. The molecule has 0 aliphatic heterocycles. The van der Waals surface area contributed by atoms with Gasteiger partial charge in [0.15, 0.2) is 0 Å². The Morgan fingerprint density at radius 3 is 2.52 bits per heavy atom. The summed E-state index contributed by atoms with van der Waals surface area (Å²) in [4.78, 5) is 33.4. The SMILES string of the molecule is Cc1csc(CC(=O)NNC(=O)Cn2c(COc3ccccc3)nc3ccccc32)n1. The lowest BCUT2D eigenvalue weighted by atomic mass is 10.3. The van der Waals surface area contributed by atoms with Gasteiger partial charge in [0.1, 0.15) is 29.7 Å². The highest BCUT2D eigenvalue weighted by molar-refractivity contribution is 7.09. The van der Waals surface area contributed by atoms with Crippen molar-refractivity contribution in [2.24, 2.45) is 0 Å². The normalized spacial score (nSPS) is 10.7. The Labute approximate surface area is 182 Å². The van der Waals surface area contributed by atoms with Gasteiger partial charge < -0.3 is 9.30 Å². The number of carbonyl (C=O) groups excluding carboxylic acids is 2. The van der Waals surface area contributed by atoms with E-state index in [1.807, 2.05) is 66.9 Å². The lowest BCUT2D eigenvalue weighted by molar-refractivity contribution is -0.128. The van der Waals surface area contributed by atoms with Crippen LogP contribution in [0.2, 0.25) is 0 Å². The molecule has 2 N–H and O–H groups in total. The minimum atomic E-state index is -0.368. The van der Waals surface area contributed by atoms with E-state index in [9.17, 15) is 9.59 Å². The zero-order chi connectivity index (χ0) is 21.6. The van der Waals surface area contributed by atoms with Crippen LogP contribution in [0.5, 0.6) is 5.75 Å². The number of hydrogen-bond donors (Lipinski definition) is 2. The average molecular weight is 436 g/mol. The second-order valence-electron chi connectivity index (χ2n) is 6.86. The van der Waals surface area contributed by atoms with Crippen molar-refractivity contribution in [2.45, 2.75) is 26.5 Å². The standard InChI is InChI=1S/C22H21N5O3S/c1-15-14-31-22(23-15)11-20(28)25-26-21(29)12-27-18-10-6-5-9-17(18)24-19(27)13-30-16-7-3-2-4-8-16/h2-10,14H,11-13H2,1H3,(H,25,28)(H,26,29). The summed E-state index contributed by atoms with van der Waals surface area (Å²) in [5, 5.41) is 2.58. The van der Waals surface area contributed by atoms with Crippen LogP contribution in [0.15, 0.2) is 60.0 Å². The van der Waals surface area contributed by atoms with E-state index in [1.54, 1.807) is 4.57 Å². The van der Waals surface area contributed by atoms with Crippen LogP contribution in [-0.4, -0.2) is 26.3 Å². The van der Waals surface area contributed by atoms with E-state index in [1.165, 1.54) is 11.3 Å². The van der Waals surface area contributed by atoms with Crippen molar-refractivity contribution in [3.63, 3.8) is 0 Å². The third-order valence-electron chi connectivity index (χ3n) is 4.47. The van der Waals surface area contributed by atoms with E-state index >= 15 is 0 Å². The van der Waals surface area contributed by atoms with Gasteiger partial charge in [0.25, 0.3) is 5.91 Å². The largest absolute Gasteiger partial charge is 0.486 e. The molecule has 0 radical (unpaired) electrons. The van der Waals surface area contributed by atoms with Gasteiger partial charge in [-0.15, -0.1) is 11.3 Å². The van der Waals surface area contributed by atoms with Crippen molar-refractivity contribution >= 4 is 34.2 Å². The Kier molecular flexibility index (Phi) is 6.23. The topological polar surface area (TPSA) is 98.1 Å². The maximum Gasteiger partial charge on any atom is 0.258 e. The van der Waals surface area contributed by atoms with Crippen LogP contribution >= 0.6 is 11.3 Å². The van der Waals surface area contributed by atoms with Gasteiger partial charge in [-0.2, -0.15) is 0 Å². The first-order valence-corrected chi connectivity index (χ1v) is 10.6. The summed E-state index contributed by atoms with van der Waals surface area (Å²) >= 11 is 1.41. The molecule has 0 aliphatic carbocycles. The van der Waals surface area contributed by atoms with Crippen LogP contribution in [0.4, 0.5) is 0 Å². The molecule has 0 spiro atoms. The number of hydrazine groups is 1. The van der Waals surface area contributed by atoms with Gasteiger partial charge in [-0.05, 0) is 31.2 Å². The number of para-hydroxylation sites is 3. The molecule has 0 saturated heterocycles. The summed E-state index contributed by atoms with van der Waals surface area (Å²) in [5.41, 5.74) is 7.36. The molecule has 0 fully saturated rings. The number of hydrogen-bond acceptors (Lipinski definition) is 6. The van der Waals surface area contributed by atoms with Crippen LogP contribution < -0.4 is 15.6 Å². The minimum Gasteiger partial charge on any atom is -0.486 e. The van der Waals surface area contributed by atoms with E-state index in [2.05, 4.69) is 20.8 Å². The fourth-order valence-electron chi connectivity index (χ4n) is 3.06. The Morgan fingerprint density at radius 1 is 1.00 bits per heavy atom. The summed E-state index contributed by atoms with van der Waals surface area (Å²) in [7, 11) is 0. The summed E-state index contributed by atoms with van der Waals surface area (Å²) in [6.07, 6.45) is 0.114. The molecule has 0 atom stereocenters. The molecule has 8 nitrogen and oxygen atoms in total. The molecule has 4 rings (SSSR count). The van der Waals surface area contributed by atoms with Crippen molar-refractivity contribution in [2.75, 3.05) is 0 Å². The number of nitrogens with one attached hydrogen (secondary N) is 2. The molecular weight excluding hydrogens is 414 g/mol. The van der Waals surface area contributed by atoms with Crippen LogP contribution in [-0.2, 0) is 29.2 Å². The number of carbonyl (C=O) groups is 2. The lowest BCUT2D eigenvalue weighted by Gasteiger charge is -2.11. The quantitative estimate of drug-likeness (QED) is 0.435. The molecule has 0 aliphatic rings. The summed E-state index contributed by atoms with van der Waals surface area (Å²) in [5.74, 6) is 0.638. The molecule has 31 heavy (non-hydrogen) atoms. The fourth-order valence-corrected chi connectivity index (χ4v) is 3.84. The predicted molar refractivity (Wildman–Crippen MR) is 117 cm³/mol. The average Bonchev–Trinajstić information content (AvgIpc) is 3.34. The molecule has 2 heterocycles. The third kappa shape index (κ3) is 5.26. The highest BCUT2D eigenvalue weighted by atomic mass is 32.1. The van der Waals surface area contributed by atoms with Gasteiger partial charge in [0, 0.05) is 11.1 Å². The van der Waals surface area contributed by atoms with Crippen LogP contribution in [0.25, 0.3) is 11.0 Å². The fraction of sp³-hybridized carbons (Fsp3) is 0.182. The third-order valence-corrected chi connectivity index (χ3v) is 5.43. The number of benzene rings is 2. The number of ether oxygens (including phenoxy) is 1. The monoisotopic (exact) mass is 435 g/mol. The first-order chi connectivity index (χ1) is 15.1. The Morgan fingerprint density at radius 2 is 1.74 bits per heavy atom. The van der Waals surface area contributed by atoms with Crippen LogP contribution in [0.3, 0.4) is 0 Å². The van der Waals surface area contributed by atoms with Crippen molar-refractivity contribution in [3.8, 4) is 5.75 Å². The van der Waals surface area contributed by atoms with E-state index in [0.29, 0.717) is 10.8 Å². The lowest BCUT2D eigenvalue weighted by Crippen LogP contribution is -2.44. The zero-order valence-electron chi connectivity index (χ0n) is 16.9. The van der Waals surface area contributed by atoms with Gasteiger partial charge in [0.2, 0.25) is 5.91 Å². The van der Waals surface area contributed by atoms with Gasteiger partial charge in [-0.25, -0.2) is 9.97 Å². The van der Waals surface area contributed by atoms with E-state index < -0.39 is 0 Å². The second-order valence-corrected chi connectivity index (χ2v) is 7.80. The van der Waals surface area contributed by atoms with Gasteiger partial charge >= 0.3 is 0 Å². The highest BCUT2D eigenvalue weighted by Crippen LogP contribution is 2.18. The van der Waals surface area contributed by atoms with E-state index in [0.717, 1.165) is 22.5 Å². The molecule has 2 amide bonds. The number of thiazole rings is 1. The molecule has 2 aromatic carbocycles. The van der Waals surface area contributed by atoms with E-state index in [4.69, 9.17) is 4.74 Å². The number of aromatic nitrogens is 3. The highest BCUT2D eigenvalue weighted by Gasteiger charge is 2.15. The van der Waals surface area contributed by atoms with Crippen molar-refractivity contribution < 1.29 is 14.3 Å². The van der Waals surface area contributed by atoms with E-state index in [-0.39, 0.29) is 31.4 Å². The molecule has 158 valence electrons. The van der Waals surface area contributed by atoms with Crippen LogP contribution in [0.1, 0.15) is 16.5 Å². The maximum atomic E-state index is 12.5. The number of rotatable bonds is 7. The summed E-state index contributed by atoms with van der Waals surface area (Å²) in [6.45, 7) is 2.07. The van der Waals surface area contributed by atoms with Gasteiger partial charge in [0.05, 0.1) is 17.5 Å². The number of nitrogens with zero attached hydrogens (tertiary/aromatic N) is 3. The van der Waals surface area contributed by atoms with Gasteiger partial charge in [-0.3, -0.25) is 20.4 Å². The number of imidazole rings is 1. The molecule has 0 unspecified atom stereocenters. The van der Waals surface area contributed by atoms with Crippen molar-refractivity contribution in [3.05, 3.63) is 76.5 Å². The number of aryl methyl sites for hydroxylation is 1. The zero-order valence-corrected chi connectivity index (χ0v) is 17.7. The Bertz CT molecular complexity index is 1200. The van der Waals surface area contributed by atoms with Gasteiger partial charge in [-0.1, -0.05) is 30.3 Å².